The molecule has 3 aromatic rings. The van der Waals surface area contributed by atoms with Crippen molar-refractivity contribution in [2.24, 2.45) is 0 Å². The summed E-state index contributed by atoms with van der Waals surface area (Å²) in [4.78, 5) is 32.2. The summed E-state index contributed by atoms with van der Waals surface area (Å²) in [6.07, 6.45) is 4.62. The number of ketones is 1. The number of imidazole rings is 1. The van der Waals surface area contributed by atoms with E-state index in [1.54, 1.807) is 12.4 Å². The summed E-state index contributed by atoms with van der Waals surface area (Å²) in [7, 11) is 0. The monoisotopic (exact) mass is 369 g/mol. The number of ether oxygens (including phenoxy) is 1. The number of aromatic nitrogens is 3. The van der Waals surface area contributed by atoms with Gasteiger partial charge in [-0.25, -0.2) is 9.37 Å². The molecule has 0 aliphatic rings. The Morgan fingerprint density at radius 3 is 2.70 bits per heavy atom. The summed E-state index contributed by atoms with van der Waals surface area (Å²) in [5, 5.41) is 0. The zero-order chi connectivity index (χ0) is 19.2. The lowest BCUT2D eigenvalue weighted by Crippen LogP contribution is -2.12. The van der Waals surface area contributed by atoms with E-state index >= 15 is 0 Å². The quantitative estimate of drug-likeness (QED) is 0.263. The van der Waals surface area contributed by atoms with Crippen molar-refractivity contribution in [1.82, 2.24) is 14.5 Å². The van der Waals surface area contributed by atoms with Crippen LogP contribution in [0.2, 0.25) is 0 Å². The Bertz CT molecular complexity index is 951. The number of Topliss-reactive ketones (excluding diaryl/α,β-unsaturated/α-hetero) is 1. The number of carbonyl (C=O) groups is 2. The lowest BCUT2D eigenvalue weighted by atomic mass is 10.1. The molecule has 0 bridgehead atoms. The van der Waals surface area contributed by atoms with Crippen LogP contribution in [0.25, 0.3) is 11.0 Å². The molecule has 0 radical (unpaired) electrons. The largest absolute Gasteiger partial charge is 0.465 e. The average Bonchev–Trinajstić information content (AvgIpc) is 2.97. The smallest absolute Gasteiger partial charge is 0.313 e. The first-order valence-corrected chi connectivity index (χ1v) is 8.76. The number of nitrogens with zero attached hydrogens (tertiary/aromatic N) is 3. The topological polar surface area (TPSA) is 74.1 Å². The van der Waals surface area contributed by atoms with Crippen molar-refractivity contribution < 1.29 is 18.7 Å². The Kier molecular flexibility index (Phi) is 5.90. The minimum Gasteiger partial charge on any atom is -0.465 e. The number of hydrogen-bond donors (Lipinski definition) is 0. The van der Waals surface area contributed by atoms with Gasteiger partial charge in [0.15, 0.2) is 5.78 Å². The summed E-state index contributed by atoms with van der Waals surface area (Å²) < 4.78 is 20.1. The van der Waals surface area contributed by atoms with E-state index in [0.29, 0.717) is 12.0 Å². The summed E-state index contributed by atoms with van der Waals surface area (Å²) in [6.45, 7) is 2.96. The fraction of sp³-hybridized carbons (Fsp3) is 0.300. The molecule has 0 N–H and O–H groups in total. The third-order valence-electron chi connectivity index (χ3n) is 4.25. The Hall–Kier alpha value is -3.09. The number of aryl methyl sites for hydroxylation is 2. The molecular weight excluding hydrogens is 349 g/mol. The van der Waals surface area contributed by atoms with E-state index in [9.17, 15) is 14.0 Å². The SMILES string of the molecule is Cc1nc2cnccc2n1CCCCOC(=O)CC(=O)c1ccc(F)cc1. The molecular formula is C20H20FN3O3. The third kappa shape index (κ3) is 4.75. The maximum atomic E-state index is 12.9. The van der Waals surface area contributed by atoms with Gasteiger partial charge in [0.25, 0.3) is 0 Å². The number of esters is 1. The second-order valence-electron chi connectivity index (χ2n) is 6.21. The number of unbranched alkanes of at least 4 members (excludes halogenated alkanes) is 1. The van der Waals surface area contributed by atoms with Crippen molar-refractivity contribution in [1.29, 1.82) is 0 Å². The van der Waals surface area contributed by atoms with Crippen molar-refractivity contribution in [2.45, 2.75) is 32.7 Å². The number of fused-ring (bicyclic) bond motifs is 1. The first kappa shape index (κ1) is 18.7. The van der Waals surface area contributed by atoms with Gasteiger partial charge < -0.3 is 9.30 Å². The van der Waals surface area contributed by atoms with Crippen LogP contribution in [-0.4, -0.2) is 32.9 Å². The standard InChI is InChI=1S/C20H20FN3O3/c1-14-23-17-13-22-9-8-18(17)24(14)10-2-3-11-27-20(26)12-19(25)15-4-6-16(21)7-5-15/h4-9,13H,2-3,10-12H2,1H3. The molecule has 7 heteroatoms. The van der Waals surface area contributed by atoms with Crippen LogP contribution < -0.4 is 0 Å². The van der Waals surface area contributed by atoms with E-state index in [1.807, 2.05) is 13.0 Å². The molecule has 0 amide bonds. The molecule has 1 aromatic carbocycles. The van der Waals surface area contributed by atoms with Gasteiger partial charge in [-0.2, -0.15) is 0 Å². The molecule has 0 saturated heterocycles. The van der Waals surface area contributed by atoms with E-state index < -0.39 is 11.8 Å². The average molecular weight is 369 g/mol. The predicted octanol–water partition coefficient (Wildman–Crippen LogP) is 3.48. The van der Waals surface area contributed by atoms with E-state index in [1.165, 1.54) is 24.3 Å². The van der Waals surface area contributed by atoms with Crippen LogP contribution >= 0.6 is 0 Å². The van der Waals surface area contributed by atoms with Gasteiger partial charge in [-0.15, -0.1) is 0 Å². The molecule has 0 aliphatic heterocycles. The molecule has 0 unspecified atom stereocenters. The van der Waals surface area contributed by atoms with Gasteiger partial charge in [0, 0.05) is 18.3 Å². The minimum atomic E-state index is -0.570. The fourth-order valence-corrected chi connectivity index (χ4v) is 2.86. The Labute approximate surface area is 156 Å². The first-order chi connectivity index (χ1) is 13.0. The van der Waals surface area contributed by atoms with Gasteiger partial charge in [0.05, 0.1) is 18.3 Å². The fourth-order valence-electron chi connectivity index (χ4n) is 2.86. The number of benzene rings is 1. The maximum absolute atomic E-state index is 12.9. The molecule has 3 rings (SSSR count). The van der Waals surface area contributed by atoms with Crippen LogP contribution in [0.1, 0.15) is 35.4 Å². The van der Waals surface area contributed by atoms with Gasteiger partial charge in [0.2, 0.25) is 0 Å². The van der Waals surface area contributed by atoms with Crippen LogP contribution in [0.4, 0.5) is 4.39 Å². The molecule has 0 spiro atoms. The zero-order valence-electron chi connectivity index (χ0n) is 15.0. The maximum Gasteiger partial charge on any atom is 0.313 e. The lowest BCUT2D eigenvalue weighted by Gasteiger charge is -2.07. The highest BCUT2D eigenvalue weighted by atomic mass is 19.1. The van der Waals surface area contributed by atoms with Crippen molar-refractivity contribution in [3.8, 4) is 0 Å². The minimum absolute atomic E-state index is 0.253. The number of pyridine rings is 1. The second kappa shape index (κ2) is 8.53. The summed E-state index contributed by atoms with van der Waals surface area (Å²) in [6, 6.07) is 7.03. The Balaban J connectivity index is 1.41. The van der Waals surface area contributed by atoms with E-state index in [0.717, 1.165) is 29.8 Å². The van der Waals surface area contributed by atoms with Gasteiger partial charge in [-0.1, -0.05) is 0 Å². The second-order valence-corrected chi connectivity index (χ2v) is 6.21. The Morgan fingerprint density at radius 1 is 1.15 bits per heavy atom. The number of halogens is 1. The molecule has 0 atom stereocenters. The molecule has 2 heterocycles. The summed E-state index contributed by atoms with van der Waals surface area (Å²) in [5.74, 6) is -0.458. The van der Waals surface area contributed by atoms with Gasteiger partial charge >= 0.3 is 5.97 Å². The predicted molar refractivity (Wildman–Crippen MR) is 97.8 cm³/mol. The molecule has 0 aliphatic carbocycles. The van der Waals surface area contributed by atoms with E-state index in [2.05, 4.69) is 14.5 Å². The summed E-state index contributed by atoms with van der Waals surface area (Å²) >= 11 is 0. The first-order valence-electron chi connectivity index (χ1n) is 8.76. The Morgan fingerprint density at radius 2 is 1.93 bits per heavy atom. The van der Waals surface area contributed by atoms with Crippen LogP contribution in [0.3, 0.4) is 0 Å². The molecule has 140 valence electrons. The van der Waals surface area contributed by atoms with Crippen molar-refractivity contribution in [2.75, 3.05) is 6.61 Å². The highest BCUT2D eigenvalue weighted by Crippen LogP contribution is 2.15. The summed E-state index contributed by atoms with van der Waals surface area (Å²) in [5.41, 5.74) is 2.19. The molecule has 0 fully saturated rings. The molecule has 6 nitrogen and oxygen atoms in total. The highest BCUT2D eigenvalue weighted by Gasteiger charge is 2.13. The van der Waals surface area contributed by atoms with Crippen LogP contribution in [0.5, 0.6) is 0 Å². The van der Waals surface area contributed by atoms with Crippen molar-refractivity contribution >= 4 is 22.8 Å². The van der Waals surface area contributed by atoms with Gasteiger partial charge in [0.1, 0.15) is 23.6 Å². The third-order valence-corrected chi connectivity index (χ3v) is 4.25. The van der Waals surface area contributed by atoms with Gasteiger partial charge in [-0.3, -0.25) is 14.6 Å². The molecule has 0 saturated carbocycles. The number of hydrogen-bond acceptors (Lipinski definition) is 5. The zero-order valence-corrected chi connectivity index (χ0v) is 15.0. The van der Waals surface area contributed by atoms with Crippen LogP contribution in [-0.2, 0) is 16.1 Å². The van der Waals surface area contributed by atoms with E-state index in [-0.39, 0.29) is 18.8 Å². The van der Waals surface area contributed by atoms with E-state index in [4.69, 9.17) is 4.74 Å². The number of rotatable bonds is 8. The normalized spacial score (nSPS) is 10.9. The van der Waals surface area contributed by atoms with Crippen molar-refractivity contribution in [3.05, 3.63) is 59.9 Å². The van der Waals surface area contributed by atoms with Gasteiger partial charge in [-0.05, 0) is 50.1 Å². The van der Waals surface area contributed by atoms with Crippen LogP contribution in [0, 0.1) is 12.7 Å². The lowest BCUT2D eigenvalue weighted by molar-refractivity contribution is -0.142. The molecule has 27 heavy (non-hydrogen) atoms. The molecule has 2 aromatic heterocycles. The highest BCUT2D eigenvalue weighted by molar-refractivity contribution is 6.05. The van der Waals surface area contributed by atoms with Crippen LogP contribution in [0.15, 0.2) is 42.7 Å². The number of carbonyl (C=O) groups excluding carboxylic acids is 2. The van der Waals surface area contributed by atoms with Crippen molar-refractivity contribution in [3.63, 3.8) is 0 Å².